The van der Waals surface area contributed by atoms with Crippen molar-refractivity contribution in [3.8, 4) is 0 Å². The third-order valence-electron chi connectivity index (χ3n) is 3.79. The van der Waals surface area contributed by atoms with Crippen LogP contribution in [0.15, 0.2) is 0 Å². The molecule has 0 bridgehead atoms. The molecule has 1 heterocycles. The molecule has 1 aliphatic rings. The number of ether oxygens (including phenoxy) is 1. The Labute approximate surface area is 105 Å². The van der Waals surface area contributed by atoms with E-state index in [2.05, 4.69) is 10.2 Å². The van der Waals surface area contributed by atoms with Gasteiger partial charge in [-0.3, -0.25) is 4.79 Å². The van der Waals surface area contributed by atoms with Crippen molar-refractivity contribution in [2.75, 3.05) is 33.8 Å². The summed E-state index contributed by atoms with van der Waals surface area (Å²) in [6, 6.07) is 0. The van der Waals surface area contributed by atoms with Crippen LogP contribution in [0.25, 0.3) is 0 Å². The molecule has 1 atom stereocenters. The second-order valence-electron chi connectivity index (χ2n) is 5.08. The molecule has 1 saturated heterocycles. The maximum atomic E-state index is 11.6. The fourth-order valence-electron chi connectivity index (χ4n) is 2.37. The molecule has 0 spiro atoms. The number of carbonyl (C=O) groups is 1. The maximum absolute atomic E-state index is 11.6. The summed E-state index contributed by atoms with van der Waals surface area (Å²) in [7, 11) is 3.26. The van der Waals surface area contributed by atoms with Crippen molar-refractivity contribution in [1.29, 1.82) is 0 Å². The molecule has 1 aliphatic heterocycles. The van der Waals surface area contributed by atoms with Crippen molar-refractivity contribution >= 4 is 5.97 Å². The molecule has 0 aromatic heterocycles. The Morgan fingerprint density at radius 1 is 1.35 bits per heavy atom. The van der Waals surface area contributed by atoms with Gasteiger partial charge in [0.05, 0.1) is 7.11 Å². The van der Waals surface area contributed by atoms with E-state index in [-0.39, 0.29) is 5.97 Å². The van der Waals surface area contributed by atoms with E-state index in [1.807, 2.05) is 14.0 Å². The zero-order valence-corrected chi connectivity index (χ0v) is 11.4. The lowest BCUT2D eigenvalue weighted by Gasteiger charge is -2.26. The molecule has 1 N–H and O–H groups in total. The van der Waals surface area contributed by atoms with Crippen LogP contribution in [0, 0.1) is 0 Å². The molecule has 0 radical (unpaired) electrons. The highest BCUT2D eigenvalue weighted by Gasteiger charge is 2.31. The van der Waals surface area contributed by atoms with Gasteiger partial charge in [-0.1, -0.05) is 0 Å². The minimum Gasteiger partial charge on any atom is -0.468 e. The van der Waals surface area contributed by atoms with Crippen LogP contribution in [0.1, 0.15) is 39.0 Å². The predicted molar refractivity (Wildman–Crippen MR) is 69.0 cm³/mol. The molecule has 1 rings (SSSR count). The number of carbonyl (C=O) groups excluding carboxylic acids is 1. The first-order chi connectivity index (χ1) is 8.12. The van der Waals surface area contributed by atoms with E-state index in [0.29, 0.717) is 0 Å². The van der Waals surface area contributed by atoms with Gasteiger partial charge in [0, 0.05) is 0 Å². The molecule has 0 amide bonds. The number of hydrogen-bond donors (Lipinski definition) is 1. The lowest BCUT2D eigenvalue weighted by atomic mass is 9.95. The molecule has 1 unspecified atom stereocenters. The number of nitrogens with one attached hydrogen (secondary N) is 1. The monoisotopic (exact) mass is 242 g/mol. The zero-order valence-electron chi connectivity index (χ0n) is 11.4. The first-order valence-electron chi connectivity index (χ1n) is 6.62. The van der Waals surface area contributed by atoms with Crippen LogP contribution >= 0.6 is 0 Å². The zero-order chi connectivity index (χ0) is 12.7. The molecule has 0 aromatic carbocycles. The van der Waals surface area contributed by atoms with E-state index in [4.69, 9.17) is 4.74 Å². The first kappa shape index (κ1) is 14.5. The molecule has 100 valence electrons. The van der Waals surface area contributed by atoms with Crippen molar-refractivity contribution in [2.45, 2.75) is 44.6 Å². The van der Waals surface area contributed by atoms with Gasteiger partial charge in [0.25, 0.3) is 0 Å². The van der Waals surface area contributed by atoms with Gasteiger partial charge in [-0.15, -0.1) is 0 Å². The average molecular weight is 242 g/mol. The number of likely N-dealkylation sites (tertiary alicyclic amines) is 1. The summed E-state index contributed by atoms with van der Waals surface area (Å²) in [5.41, 5.74) is -0.528. The number of hydrogen-bond acceptors (Lipinski definition) is 4. The highest BCUT2D eigenvalue weighted by Crippen LogP contribution is 2.16. The fourth-order valence-corrected chi connectivity index (χ4v) is 2.37. The third-order valence-corrected chi connectivity index (χ3v) is 3.79. The van der Waals surface area contributed by atoms with E-state index >= 15 is 0 Å². The number of rotatable bonds is 7. The van der Waals surface area contributed by atoms with Crippen LogP contribution in [0.2, 0.25) is 0 Å². The highest BCUT2D eigenvalue weighted by atomic mass is 16.5. The molecule has 4 nitrogen and oxygen atoms in total. The van der Waals surface area contributed by atoms with Gasteiger partial charge in [-0.2, -0.15) is 0 Å². The standard InChI is InChI=1S/C13H26N2O2/c1-13(14-2,12(16)17-3)8-4-5-9-15-10-6-7-11-15/h14H,4-11H2,1-3H3. The summed E-state index contributed by atoms with van der Waals surface area (Å²) in [5, 5.41) is 3.07. The van der Waals surface area contributed by atoms with E-state index in [1.54, 1.807) is 0 Å². The largest absolute Gasteiger partial charge is 0.468 e. The number of methoxy groups -OCH3 is 1. The summed E-state index contributed by atoms with van der Waals surface area (Å²) in [6.45, 7) is 5.58. The predicted octanol–water partition coefficient (Wildman–Crippen LogP) is 1.40. The van der Waals surface area contributed by atoms with E-state index < -0.39 is 5.54 Å². The van der Waals surface area contributed by atoms with Crippen molar-refractivity contribution in [3.63, 3.8) is 0 Å². The maximum Gasteiger partial charge on any atom is 0.325 e. The molecule has 0 aromatic rings. The topological polar surface area (TPSA) is 41.6 Å². The average Bonchev–Trinajstić information content (AvgIpc) is 2.86. The van der Waals surface area contributed by atoms with Crippen LogP contribution in [0.5, 0.6) is 0 Å². The molecular weight excluding hydrogens is 216 g/mol. The van der Waals surface area contributed by atoms with Crippen LogP contribution in [0.3, 0.4) is 0 Å². The summed E-state index contributed by atoms with van der Waals surface area (Å²) in [5.74, 6) is -0.166. The van der Waals surface area contributed by atoms with E-state index in [9.17, 15) is 4.79 Å². The second-order valence-corrected chi connectivity index (χ2v) is 5.08. The van der Waals surface area contributed by atoms with Crippen molar-refractivity contribution in [1.82, 2.24) is 10.2 Å². The first-order valence-corrected chi connectivity index (χ1v) is 6.62. The normalized spacial score (nSPS) is 20.2. The SMILES string of the molecule is CNC(C)(CCCCN1CCCC1)C(=O)OC. The van der Waals surface area contributed by atoms with Gasteiger partial charge in [-0.05, 0) is 65.7 Å². The van der Waals surface area contributed by atoms with Crippen molar-refractivity contribution in [3.05, 3.63) is 0 Å². The fraction of sp³-hybridized carbons (Fsp3) is 0.923. The molecule has 1 fully saturated rings. The lowest BCUT2D eigenvalue weighted by molar-refractivity contribution is -0.148. The van der Waals surface area contributed by atoms with Gasteiger partial charge in [0.15, 0.2) is 0 Å². The minimum atomic E-state index is -0.528. The Hall–Kier alpha value is -0.610. The Morgan fingerprint density at radius 3 is 2.53 bits per heavy atom. The molecule has 4 heteroatoms. The van der Waals surface area contributed by atoms with Gasteiger partial charge in [-0.25, -0.2) is 0 Å². The minimum absolute atomic E-state index is 0.166. The van der Waals surface area contributed by atoms with E-state index in [1.165, 1.54) is 39.6 Å². The second kappa shape index (κ2) is 6.97. The Kier molecular flexibility index (Phi) is 5.92. The molecular formula is C13H26N2O2. The number of unbranched alkanes of at least 4 members (excludes halogenated alkanes) is 1. The van der Waals surface area contributed by atoms with Crippen LogP contribution in [0.4, 0.5) is 0 Å². The summed E-state index contributed by atoms with van der Waals surface area (Å²) in [6.07, 6.45) is 5.74. The quantitative estimate of drug-likeness (QED) is 0.541. The number of esters is 1. The third kappa shape index (κ3) is 4.28. The number of nitrogens with zero attached hydrogens (tertiary/aromatic N) is 1. The highest BCUT2D eigenvalue weighted by molar-refractivity contribution is 5.80. The summed E-state index contributed by atoms with van der Waals surface area (Å²) >= 11 is 0. The molecule has 17 heavy (non-hydrogen) atoms. The molecule has 0 aliphatic carbocycles. The lowest BCUT2D eigenvalue weighted by Crippen LogP contribution is -2.48. The van der Waals surface area contributed by atoms with E-state index in [0.717, 1.165) is 19.3 Å². The van der Waals surface area contributed by atoms with Crippen LogP contribution in [-0.4, -0.2) is 50.2 Å². The summed E-state index contributed by atoms with van der Waals surface area (Å²) < 4.78 is 4.82. The summed E-state index contributed by atoms with van der Waals surface area (Å²) in [4.78, 5) is 14.1. The van der Waals surface area contributed by atoms with Gasteiger partial charge >= 0.3 is 5.97 Å². The van der Waals surface area contributed by atoms with Gasteiger partial charge in [0.2, 0.25) is 0 Å². The van der Waals surface area contributed by atoms with Crippen molar-refractivity contribution in [2.24, 2.45) is 0 Å². The molecule has 0 saturated carbocycles. The number of likely N-dealkylation sites (N-methyl/N-ethyl adjacent to an activating group) is 1. The van der Waals surface area contributed by atoms with Gasteiger partial charge < -0.3 is 15.0 Å². The van der Waals surface area contributed by atoms with Crippen LogP contribution in [-0.2, 0) is 9.53 Å². The Balaban J connectivity index is 2.20. The van der Waals surface area contributed by atoms with Crippen molar-refractivity contribution < 1.29 is 9.53 Å². The Morgan fingerprint density at radius 2 is 2.00 bits per heavy atom. The smallest absolute Gasteiger partial charge is 0.325 e. The van der Waals surface area contributed by atoms with Gasteiger partial charge in [0.1, 0.15) is 5.54 Å². The Bertz CT molecular complexity index is 240. The van der Waals surface area contributed by atoms with Crippen LogP contribution < -0.4 is 5.32 Å².